The Morgan fingerprint density at radius 1 is 1.23 bits per heavy atom. The normalized spacial score (nSPS) is 17.3. The van der Waals surface area contributed by atoms with Crippen molar-refractivity contribution in [2.24, 2.45) is 0 Å². The third kappa shape index (κ3) is 3.43. The second-order valence-corrected chi connectivity index (χ2v) is 6.53. The predicted octanol–water partition coefficient (Wildman–Crippen LogP) is 2.17. The number of carbonyl (C=O) groups excluding carboxylic acids is 1. The number of ether oxygens (including phenoxy) is 2. The zero-order valence-electron chi connectivity index (χ0n) is 14.2. The molecule has 134 valence electrons. The number of carbonyl (C=O) groups is 1. The molecule has 1 aromatic carbocycles. The van der Waals surface area contributed by atoms with Crippen LogP contribution in [0.25, 0.3) is 11.0 Å². The number of hydrogen-bond acceptors (Lipinski definition) is 8. The number of rotatable bonds is 4. The largest absolute Gasteiger partial charge is 0.480 e. The molecule has 9 heteroatoms. The first-order chi connectivity index (χ1) is 12.7. The minimum Gasteiger partial charge on any atom is -0.480 e. The summed E-state index contributed by atoms with van der Waals surface area (Å²) in [5, 5.41) is 0. The average Bonchev–Trinajstić information content (AvgIpc) is 3.15. The lowest BCUT2D eigenvalue weighted by Crippen LogP contribution is -2.44. The van der Waals surface area contributed by atoms with E-state index in [0.717, 1.165) is 35.6 Å². The van der Waals surface area contributed by atoms with Crippen LogP contribution < -0.4 is 9.47 Å². The molecule has 26 heavy (non-hydrogen) atoms. The first kappa shape index (κ1) is 16.6. The summed E-state index contributed by atoms with van der Waals surface area (Å²) in [6, 6.07) is 5.42. The van der Waals surface area contributed by atoms with E-state index >= 15 is 0 Å². The minimum absolute atomic E-state index is 0.0232. The number of piperidine rings is 1. The van der Waals surface area contributed by atoms with E-state index in [1.54, 1.807) is 18.3 Å². The van der Waals surface area contributed by atoms with Crippen LogP contribution in [0.15, 0.2) is 30.6 Å². The molecule has 3 aromatic rings. The summed E-state index contributed by atoms with van der Waals surface area (Å²) in [4.78, 5) is 22.9. The molecule has 1 unspecified atom stereocenters. The van der Waals surface area contributed by atoms with E-state index in [4.69, 9.17) is 9.47 Å². The molecule has 2 aromatic heterocycles. The van der Waals surface area contributed by atoms with Gasteiger partial charge in [0.15, 0.2) is 0 Å². The van der Waals surface area contributed by atoms with Crippen molar-refractivity contribution >= 4 is 28.7 Å². The quantitative estimate of drug-likeness (QED) is 0.694. The summed E-state index contributed by atoms with van der Waals surface area (Å²) >= 11 is 1.15. The van der Waals surface area contributed by atoms with Crippen molar-refractivity contribution in [1.29, 1.82) is 0 Å². The molecule has 1 saturated heterocycles. The highest BCUT2D eigenvalue weighted by Crippen LogP contribution is 2.21. The summed E-state index contributed by atoms with van der Waals surface area (Å²) in [5.41, 5.74) is 2.17. The van der Waals surface area contributed by atoms with Gasteiger partial charge < -0.3 is 14.4 Å². The van der Waals surface area contributed by atoms with E-state index in [2.05, 4.69) is 18.7 Å². The van der Waals surface area contributed by atoms with Crippen LogP contribution in [0.3, 0.4) is 0 Å². The maximum Gasteiger partial charge on any atom is 0.254 e. The van der Waals surface area contributed by atoms with Crippen LogP contribution in [0.2, 0.25) is 0 Å². The third-order valence-corrected chi connectivity index (χ3v) is 4.81. The fourth-order valence-electron chi connectivity index (χ4n) is 2.97. The SMILES string of the molecule is COc1cncc(OC2CCCN(C(=O)c3ccc4nsnc4c3)C2)n1. The molecule has 0 bridgehead atoms. The van der Waals surface area contributed by atoms with Gasteiger partial charge in [0, 0.05) is 12.1 Å². The van der Waals surface area contributed by atoms with Crippen molar-refractivity contribution in [3.05, 3.63) is 36.2 Å². The molecular formula is C17H17N5O3S. The molecule has 8 nitrogen and oxygen atoms in total. The number of nitrogens with zero attached hydrogens (tertiary/aromatic N) is 5. The number of methoxy groups -OCH3 is 1. The summed E-state index contributed by atoms with van der Waals surface area (Å²) in [6.07, 6.45) is 4.67. The molecule has 4 rings (SSSR count). The van der Waals surface area contributed by atoms with E-state index in [-0.39, 0.29) is 12.0 Å². The molecule has 3 heterocycles. The van der Waals surface area contributed by atoms with E-state index in [1.807, 2.05) is 11.0 Å². The Hall–Kier alpha value is -2.81. The molecule has 0 spiro atoms. The third-order valence-electron chi connectivity index (χ3n) is 4.25. The van der Waals surface area contributed by atoms with Crippen molar-refractivity contribution in [2.75, 3.05) is 20.2 Å². The zero-order valence-corrected chi connectivity index (χ0v) is 15.0. The van der Waals surface area contributed by atoms with Crippen molar-refractivity contribution in [1.82, 2.24) is 23.6 Å². The van der Waals surface area contributed by atoms with Gasteiger partial charge in [-0.2, -0.15) is 13.7 Å². The van der Waals surface area contributed by atoms with Crippen LogP contribution in [0, 0.1) is 0 Å². The molecule has 1 aliphatic rings. The second-order valence-electron chi connectivity index (χ2n) is 6.00. The number of amides is 1. The summed E-state index contributed by atoms with van der Waals surface area (Å²) in [7, 11) is 1.53. The van der Waals surface area contributed by atoms with Crippen LogP contribution in [0.1, 0.15) is 23.2 Å². The first-order valence-electron chi connectivity index (χ1n) is 8.27. The smallest absolute Gasteiger partial charge is 0.254 e. The minimum atomic E-state index is -0.126. The fraction of sp³-hybridized carbons (Fsp3) is 0.353. The highest BCUT2D eigenvalue weighted by molar-refractivity contribution is 7.00. The zero-order chi connectivity index (χ0) is 17.9. The molecule has 1 amide bonds. The summed E-state index contributed by atoms with van der Waals surface area (Å²) in [5.74, 6) is 0.778. The number of aromatic nitrogens is 4. The lowest BCUT2D eigenvalue weighted by Gasteiger charge is -2.32. The molecule has 0 saturated carbocycles. The van der Waals surface area contributed by atoms with Gasteiger partial charge in [-0.1, -0.05) is 0 Å². The van der Waals surface area contributed by atoms with E-state index in [0.29, 0.717) is 30.4 Å². The van der Waals surface area contributed by atoms with E-state index in [9.17, 15) is 4.79 Å². The van der Waals surface area contributed by atoms with Gasteiger partial charge in [0.1, 0.15) is 17.1 Å². The van der Waals surface area contributed by atoms with Gasteiger partial charge in [-0.05, 0) is 31.0 Å². The summed E-state index contributed by atoms with van der Waals surface area (Å²) in [6.45, 7) is 1.21. The Labute approximate surface area is 154 Å². The lowest BCUT2D eigenvalue weighted by molar-refractivity contribution is 0.0525. The molecule has 1 fully saturated rings. The Balaban J connectivity index is 1.46. The molecule has 1 atom stereocenters. The Bertz CT molecular complexity index is 931. The maximum absolute atomic E-state index is 12.8. The molecule has 0 N–H and O–H groups in total. The van der Waals surface area contributed by atoms with Gasteiger partial charge in [-0.15, -0.1) is 0 Å². The van der Waals surface area contributed by atoms with Crippen molar-refractivity contribution in [3.63, 3.8) is 0 Å². The number of benzene rings is 1. The molecular weight excluding hydrogens is 354 g/mol. The van der Waals surface area contributed by atoms with Crippen LogP contribution in [-0.4, -0.2) is 55.8 Å². The van der Waals surface area contributed by atoms with Crippen LogP contribution in [-0.2, 0) is 0 Å². The van der Waals surface area contributed by atoms with Crippen LogP contribution in [0.5, 0.6) is 11.8 Å². The topological polar surface area (TPSA) is 90.3 Å². The number of fused-ring (bicyclic) bond motifs is 1. The highest BCUT2D eigenvalue weighted by atomic mass is 32.1. The van der Waals surface area contributed by atoms with Crippen molar-refractivity contribution < 1.29 is 14.3 Å². The molecule has 1 aliphatic heterocycles. The molecule has 0 aliphatic carbocycles. The first-order valence-corrected chi connectivity index (χ1v) is 9.00. The number of hydrogen-bond donors (Lipinski definition) is 0. The van der Waals surface area contributed by atoms with Gasteiger partial charge in [0.05, 0.1) is 37.8 Å². The van der Waals surface area contributed by atoms with Gasteiger partial charge in [0.25, 0.3) is 5.91 Å². The van der Waals surface area contributed by atoms with Crippen molar-refractivity contribution in [3.8, 4) is 11.8 Å². The van der Waals surface area contributed by atoms with Gasteiger partial charge in [0.2, 0.25) is 11.8 Å². The Kier molecular flexibility index (Phi) is 4.61. The number of likely N-dealkylation sites (tertiary alicyclic amines) is 1. The highest BCUT2D eigenvalue weighted by Gasteiger charge is 2.26. The summed E-state index contributed by atoms with van der Waals surface area (Å²) < 4.78 is 19.3. The van der Waals surface area contributed by atoms with Crippen LogP contribution in [0.4, 0.5) is 0 Å². The lowest BCUT2D eigenvalue weighted by atomic mass is 10.1. The van der Waals surface area contributed by atoms with Crippen LogP contribution >= 0.6 is 11.7 Å². The fourth-order valence-corrected chi connectivity index (χ4v) is 3.49. The second kappa shape index (κ2) is 7.20. The van der Waals surface area contributed by atoms with Crippen molar-refractivity contribution in [2.45, 2.75) is 18.9 Å². The molecule has 0 radical (unpaired) electrons. The monoisotopic (exact) mass is 371 g/mol. The van der Waals surface area contributed by atoms with E-state index in [1.165, 1.54) is 13.3 Å². The van der Waals surface area contributed by atoms with Gasteiger partial charge in [-0.3, -0.25) is 9.78 Å². The van der Waals surface area contributed by atoms with E-state index < -0.39 is 0 Å². The predicted molar refractivity (Wildman–Crippen MR) is 95.6 cm³/mol. The van der Waals surface area contributed by atoms with Gasteiger partial charge >= 0.3 is 0 Å². The standard InChI is InChI=1S/C17H17N5O3S/c1-24-15-8-18-9-16(19-15)25-12-3-2-6-22(10-12)17(23)11-4-5-13-14(7-11)21-26-20-13/h4-5,7-9,12H,2-3,6,10H2,1H3. The average molecular weight is 371 g/mol. The Morgan fingerprint density at radius 3 is 2.96 bits per heavy atom. The Morgan fingerprint density at radius 2 is 2.08 bits per heavy atom. The maximum atomic E-state index is 12.8. The van der Waals surface area contributed by atoms with Gasteiger partial charge in [-0.25, -0.2) is 0 Å².